The Balaban J connectivity index is 1.72. The second-order valence-electron chi connectivity index (χ2n) is 5.00. The molecule has 0 saturated carbocycles. The number of nitrogens with one attached hydrogen (secondary N) is 1. The summed E-state index contributed by atoms with van der Waals surface area (Å²) in [5.41, 5.74) is 2.33. The van der Waals surface area contributed by atoms with E-state index < -0.39 is 5.76 Å². The first kappa shape index (κ1) is 18.0. The molecule has 23 heavy (non-hydrogen) atoms. The Hall–Kier alpha value is -1.37. The first-order valence-electron chi connectivity index (χ1n) is 7.51. The Kier molecular flexibility index (Phi) is 7.58. The maximum Gasteiger partial charge on any atom is 0.284 e. The van der Waals surface area contributed by atoms with Crippen molar-refractivity contribution in [3.8, 4) is 0 Å². The zero-order valence-electron chi connectivity index (χ0n) is 13.1. The first-order chi connectivity index (χ1) is 11.2. The van der Waals surface area contributed by atoms with E-state index in [1.807, 2.05) is 13.0 Å². The molecular formula is C17H21F2NO2S. The van der Waals surface area contributed by atoms with Crippen molar-refractivity contribution >= 4 is 11.8 Å². The quantitative estimate of drug-likeness (QED) is 0.687. The standard InChI is InChI=1S/C17H21F2NO2S/c1-2-21-11-14-5-3-13(4-6-14)9-20-10-15-7-8-16(22-15)12-23-17(18)19/h3-8,17,20H,2,9-12H2,1H3. The summed E-state index contributed by atoms with van der Waals surface area (Å²) in [6.07, 6.45) is 0. The molecule has 0 spiro atoms. The highest BCUT2D eigenvalue weighted by Gasteiger charge is 2.07. The lowest BCUT2D eigenvalue weighted by molar-refractivity contribution is 0.134. The summed E-state index contributed by atoms with van der Waals surface area (Å²) in [7, 11) is 0. The molecule has 0 aliphatic heterocycles. The van der Waals surface area contributed by atoms with E-state index >= 15 is 0 Å². The maximum absolute atomic E-state index is 12.1. The van der Waals surface area contributed by atoms with Crippen LogP contribution in [0.4, 0.5) is 8.78 Å². The van der Waals surface area contributed by atoms with Crippen molar-refractivity contribution in [1.82, 2.24) is 5.32 Å². The minimum absolute atomic E-state index is 0.193. The van der Waals surface area contributed by atoms with E-state index in [1.54, 1.807) is 6.07 Å². The number of rotatable bonds is 10. The highest BCUT2D eigenvalue weighted by atomic mass is 32.2. The second kappa shape index (κ2) is 9.70. The fourth-order valence-corrected chi connectivity index (χ4v) is 2.49. The maximum atomic E-state index is 12.1. The van der Waals surface area contributed by atoms with E-state index in [0.29, 0.717) is 37.3 Å². The van der Waals surface area contributed by atoms with Gasteiger partial charge in [-0.1, -0.05) is 36.0 Å². The van der Waals surface area contributed by atoms with Gasteiger partial charge in [-0.25, -0.2) is 0 Å². The highest BCUT2D eigenvalue weighted by molar-refractivity contribution is 7.98. The molecule has 6 heteroatoms. The van der Waals surface area contributed by atoms with Gasteiger partial charge in [-0.05, 0) is 30.2 Å². The Morgan fingerprint density at radius 1 is 1.04 bits per heavy atom. The molecule has 126 valence electrons. The Bertz CT molecular complexity index is 572. The first-order valence-corrected chi connectivity index (χ1v) is 8.56. The molecule has 0 amide bonds. The Morgan fingerprint density at radius 3 is 2.43 bits per heavy atom. The van der Waals surface area contributed by atoms with Gasteiger partial charge < -0.3 is 14.5 Å². The van der Waals surface area contributed by atoms with Crippen LogP contribution >= 0.6 is 11.8 Å². The van der Waals surface area contributed by atoms with Crippen molar-refractivity contribution < 1.29 is 17.9 Å². The average Bonchev–Trinajstić information content (AvgIpc) is 3.00. The van der Waals surface area contributed by atoms with Crippen molar-refractivity contribution in [2.24, 2.45) is 0 Å². The van der Waals surface area contributed by atoms with Gasteiger partial charge in [0.15, 0.2) is 0 Å². The topological polar surface area (TPSA) is 34.4 Å². The molecule has 0 aliphatic carbocycles. The molecule has 1 aromatic heterocycles. The molecule has 0 aliphatic rings. The second-order valence-corrected chi connectivity index (χ2v) is 5.98. The highest BCUT2D eigenvalue weighted by Crippen LogP contribution is 2.21. The van der Waals surface area contributed by atoms with E-state index in [2.05, 4.69) is 29.6 Å². The number of benzene rings is 1. The van der Waals surface area contributed by atoms with Crippen LogP contribution in [-0.2, 0) is 30.2 Å². The van der Waals surface area contributed by atoms with Gasteiger partial charge >= 0.3 is 0 Å². The smallest absolute Gasteiger partial charge is 0.284 e. The molecule has 0 fully saturated rings. The normalized spacial score (nSPS) is 11.3. The molecule has 2 rings (SSSR count). The van der Waals surface area contributed by atoms with Crippen molar-refractivity contribution in [2.45, 2.75) is 38.1 Å². The summed E-state index contributed by atoms with van der Waals surface area (Å²) in [5.74, 6) is -0.846. The molecule has 1 aromatic carbocycles. The summed E-state index contributed by atoms with van der Waals surface area (Å²) in [4.78, 5) is 0. The minimum atomic E-state index is -2.37. The molecule has 0 atom stereocenters. The lowest BCUT2D eigenvalue weighted by atomic mass is 10.1. The zero-order valence-corrected chi connectivity index (χ0v) is 13.9. The fourth-order valence-electron chi connectivity index (χ4n) is 2.04. The van der Waals surface area contributed by atoms with Gasteiger partial charge in [0.25, 0.3) is 5.76 Å². The Labute approximate surface area is 139 Å². The van der Waals surface area contributed by atoms with Crippen LogP contribution in [0.5, 0.6) is 0 Å². The molecular weight excluding hydrogens is 320 g/mol. The largest absolute Gasteiger partial charge is 0.464 e. The number of thioether (sulfide) groups is 1. The molecule has 0 radical (unpaired) electrons. The van der Waals surface area contributed by atoms with Gasteiger partial charge in [0, 0.05) is 13.2 Å². The number of ether oxygens (including phenoxy) is 1. The SMILES string of the molecule is CCOCc1ccc(CNCc2ccc(CSC(F)F)o2)cc1. The van der Waals surface area contributed by atoms with Gasteiger partial charge in [-0.2, -0.15) is 8.78 Å². The van der Waals surface area contributed by atoms with Crippen LogP contribution in [0.3, 0.4) is 0 Å². The number of hydrogen-bond donors (Lipinski definition) is 1. The lowest BCUT2D eigenvalue weighted by Crippen LogP contribution is -2.12. The zero-order chi connectivity index (χ0) is 16.5. The van der Waals surface area contributed by atoms with Crippen LogP contribution < -0.4 is 5.32 Å². The van der Waals surface area contributed by atoms with Gasteiger partial charge in [0.05, 0.1) is 18.9 Å². The van der Waals surface area contributed by atoms with Crippen molar-refractivity contribution in [3.05, 3.63) is 59.0 Å². The van der Waals surface area contributed by atoms with E-state index in [-0.39, 0.29) is 5.75 Å². The van der Waals surface area contributed by atoms with Crippen molar-refractivity contribution in [3.63, 3.8) is 0 Å². The van der Waals surface area contributed by atoms with E-state index in [4.69, 9.17) is 9.15 Å². The van der Waals surface area contributed by atoms with Crippen LogP contribution in [-0.4, -0.2) is 12.4 Å². The van der Waals surface area contributed by atoms with Gasteiger partial charge in [0.1, 0.15) is 11.5 Å². The molecule has 3 nitrogen and oxygen atoms in total. The third kappa shape index (κ3) is 6.72. The van der Waals surface area contributed by atoms with Gasteiger partial charge in [-0.3, -0.25) is 0 Å². The summed E-state index contributed by atoms with van der Waals surface area (Å²) < 4.78 is 35.1. The van der Waals surface area contributed by atoms with E-state index in [1.165, 1.54) is 5.56 Å². The molecule has 0 bridgehead atoms. The van der Waals surface area contributed by atoms with E-state index in [0.717, 1.165) is 17.9 Å². The van der Waals surface area contributed by atoms with Gasteiger partial charge in [0.2, 0.25) is 0 Å². The van der Waals surface area contributed by atoms with Gasteiger partial charge in [-0.15, -0.1) is 0 Å². The van der Waals surface area contributed by atoms with Crippen LogP contribution in [0, 0.1) is 0 Å². The predicted molar refractivity (Wildman–Crippen MR) is 88.3 cm³/mol. The number of alkyl halides is 2. The van der Waals surface area contributed by atoms with Crippen LogP contribution in [0.25, 0.3) is 0 Å². The summed E-state index contributed by atoms with van der Waals surface area (Å²) in [5, 5.41) is 3.28. The van der Waals surface area contributed by atoms with Crippen LogP contribution in [0.1, 0.15) is 29.6 Å². The number of hydrogen-bond acceptors (Lipinski definition) is 4. The van der Waals surface area contributed by atoms with Crippen LogP contribution in [0.2, 0.25) is 0 Å². The Morgan fingerprint density at radius 2 is 1.74 bits per heavy atom. The summed E-state index contributed by atoms with van der Waals surface area (Å²) in [6, 6.07) is 11.8. The van der Waals surface area contributed by atoms with Crippen LogP contribution in [0.15, 0.2) is 40.8 Å². The van der Waals surface area contributed by atoms with Crippen molar-refractivity contribution in [1.29, 1.82) is 0 Å². The minimum Gasteiger partial charge on any atom is -0.464 e. The molecule has 0 saturated heterocycles. The monoisotopic (exact) mass is 341 g/mol. The number of furan rings is 1. The molecule has 1 N–H and O–H groups in total. The average molecular weight is 341 g/mol. The summed E-state index contributed by atoms with van der Waals surface area (Å²) >= 11 is 0.568. The predicted octanol–water partition coefficient (Wildman–Crippen LogP) is 4.56. The third-order valence-corrected chi connectivity index (χ3v) is 3.90. The fraction of sp³-hybridized carbons (Fsp3) is 0.412. The van der Waals surface area contributed by atoms with E-state index in [9.17, 15) is 8.78 Å². The lowest BCUT2D eigenvalue weighted by Gasteiger charge is -2.05. The summed E-state index contributed by atoms with van der Waals surface area (Å²) in [6.45, 7) is 4.61. The third-order valence-electron chi connectivity index (χ3n) is 3.19. The van der Waals surface area contributed by atoms with Crippen molar-refractivity contribution in [2.75, 3.05) is 6.61 Å². The molecule has 0 unspecified atom stereocenters. The molecule has 1 heterocycles. The number of halogens is 2. The molecule has 2 aromatic rings.